The van der Waals surface area contributed by atoms with Gasteiger partial charge in [0.2, 0.25) is 53.2 Å². The molecular weight excluding hydrogens is 985 g/mol. The van der Waals surface area contributed by atoms with Gasteiger partial charge in [-0.2, -0.15) is 0 Å². The van der Waals surface area contributed by atoms with Crippen LogP contribution in [0.2, 0.25) is 0 Å². The van der Waals surface area contributed by atoms with Crippen molar-refractivity contribution in [3.05, 3.63) is 35.9 Å². The third-order valence-corrected chi connectivity index (χ3v) is 12.8. The molecule has 1 saturated heterocycles. The van der Waals surface area contributed by atoms with E-state index in [1.54, 1.807) is 30.3 Å². The molecule has 0 unspecified atom stereocenters. The molecule has 76 heavy (non-hydrogen) atoms. The monoisotopic (exact) mass is 1070 g/mol. The third-order valence-electron chi connectivity index (χ3n) is 12.8. The van der Waals surface area contributed by atoms with Crippen molar-refractivity contribution in [3.63, 3.8) is 0 Å². The summed E-state index contributed by atoms with van der Waals surface area (Å²) in [6.45, 7) is 6.93. The first-order chi connectivity index (χ1) is 36.2. The lowest BCUT2D eigenvalue weighted by Gasteiger charge is -2.29. The number of rotatable bonds is 26. The highest BCUT2D eigenvalue weighted by atomic mass is 16.3. The Bertz CT molecular complexity index is 1980. The fourth-order valence-electron chi connectivity index (χ4n) is 8.31. The number of nitrogens with two attached hydrogens (primary N) is 5. The SMILES string of the molecule is CC(C)C[C@@H]1NC(=O)[C@@H](Cc2ccccc2)NC(=O)[C@H](CCCCN)NC(=O)[C@@H](NC(=O)[C@H](CCCCN)NC(=O)[C@@H](N)[C@@H](C)O)CCNC(=O)[C@H]([C@@H](C)O)NC(=O)[C@H](CCCCN)NC(=O)[C@H](CCCCN)NC1=O. The van der Waals surface area contributed by atoms with E-state index in [0.29, 0.717) is 63.5 Å². The van der Waals surface area contributed by atoms with E-state index in [-0.39, 0.29) is 77.0 Å². The minimum atomic E-state index is -1.61. The summed E-state index contributed by atoms with van der Waals surface area (Å²) in [5.41, 5.74) is 29.6. The number of hydrogen-bond donors (Lipinski definition) is 16. The van der Waals surface area contributed by atoms with Gasteiger partial charge in [-0.3, -0.25) is 43.2 Å². The fourth-order valence-corrected chi connectivity index (χ4v) is 8.31. The van der Waals surface area contributed by atoms with Crippen LogP contribution in [0, 0.1) is 5.92 Å². The van der Waals surface area contributed by atoms with Crippen LogP contribution in [0.1, 0.15) is 123 Å². The molecule has 1 fully saturated rings. The first kappa shape index (κ1) is 66.3. The van der Waals surface area contributed by atoms with E-state index in [4.69, 9.17) is 28.7 Å². The minimum Gasteiger partial charge on any atom is -0.391 e. The number of hydrogen-bond acceptors (Lipinski definition) is 16. The van der Waals surface area contributed by atoms with Gasteiger partial charge in [0.25, 0.3) is 0 Å². The van der Waals surface area contributed by atoms with Gasteiger partial charge in [-0.25, -0.2) is 0 Å². The Kier molecular flexibility index (Phi) is 31.6. The molecule has 0 aliphatic carbocycles. The first-order valence-corrected chi connectivity index (χ1v) is 26.8. The minimum absolute atomic E-state index is 0.00975. The van der Waals surface area contributed by atoms with Crippen LogP contribution >= 0.6 is 0 Å². The van der Waals surface area contributed by atoms with E-state index in [0.717, 1.165) is 0 Å². The lowest BCUT2D eigenvalue weighted by Crippen LogP contribution is -2.61. The van der Waals surface area contributed by atoms with Gasteiger partial charge in [-0.15, -0.1) is 0 Å². The van der Waals surface area contributed by atoms with E-state index >= 15 is 0 Å². The fraction of sp³-hybridized carbons (Fsp3) is 0.706. The summed E-state index contributed by atoms with van der Waals surface area (Å²) < 4.78 is 0. The second-order valence-corrected chi connectivity index (χ2v) is 20.0. The molecule has 1 aliphatic rings. The molecule has 0 bridgehead atoms. The van der Waals surface area contributed by atoms with Crippen molar-refractivity contribution in [1.82, 2.24) is 47.9 Å². The van der Waals surface area contributed by atoms with Crippen LogP contribution in [0.4, 0.5) is 0 Å². The second-order valence-electron chi connectivity index (χ2n) is 20.0. The number of carbonyl (C=O) groups is 9. The summed E-state index contributed by atoms with van der Waals surface area (Å²) in [6, 6.07) is -3.50. The number of aliphatic hydroxyl groups is 2. The number of carbonyl (C=O) groups excluding carboxylic acids is 9. The maximum atomic E-state index is 14.5. The average molecular weight is 1080 g/mol. The number of unbranched alkanes of at least 4 members (excludes halogenated alkanes) is 4. The molecule has 0 radical (unpaired) electrons. The Hall–Kier alpha value is -5.83. The molecule has 0 aromatic heterocycles. The summed E-state index contributed by atoms with van der Waals surface area (Å²) in [6.07, 6.45) is 0.411. The molecule has 430 valence electrons. The van der Waals surface area contributed by atoms with Crippen LogP contribution in [-0.2, 0) is 49.6 Å². The highest BCUT2D eigenvalue weighted by molar-refractivity contribution is 5.98. The molecule has 1 aromatic carbocycles. The van der Waals surface area contributed by atoms with Crippen molar-refractivity contribution in [1.29, 1.82) is 0 Å². The summed E-state index contributed by atoms with van der Waals surface area (Å²) in [5.74, 6) is -7.54. The topological polar surface area (TPSA) is 432 Å². The summed E-state index contributed by atoms with van der Waals surface area (Å²) >= 11 is 0. The Morgan fingerprint density at radius 1 is 0.579 bits per heavy atom. The van der Waals surface area contributed by atoms with Crippen LogP contribution in [0.5, 0.6) is 0 Å². The molecule has 1 heterocycles. The lowest BCUT2D eigenvalue weighted by atomic mass is 9.99. The molecule has 21 N–H and O–H groups in total. The maximum Gasteiger partial charge on any atom is 0.245 e. The molecule has 9 amide bonds. The normalized spacial score (nSPS) is 23.5. The van der Waals surface area contributed by atoms with E-state index < -0.39 is 120 Å². The van der Waals surface area contributed by atoms with Crippen LogP contribution in [0.15, 0.2) is 30.3 Å². The zero-order chi connectivity index (χ0) is 56.7. The van der Waals surface area contributed by atoms with Crippen molar-refractivity contribution >= 4 is 53.2 Å². The van der Waals surface area contributed by atoms with Gasteiger partial charge in [0.15, 0.2) is 0 Å². The largest absolute Gasteiger partial charge is 0.391 e. The van der Waals surface area contributed by atoms with Gasteiger partial charge in [0.1, 0.15) is 54.4 Å². The van der Waals surface area contributed by atoms with Gasteiger partial charge >= 0.3 is 0 Å². The number of aliphatic hydroxyl groups excluding tert-OH is 2. The predicted molar refractivity (Wildman–Crippen MR) is 286 cm³/mol. The van der Waals surface area contributed by atoms with E-state index in [9.17, 15) is 53.4 Å². The van der Waals surface area contributed by atoms with E-state index in [2.05, 4.69) is 47.9 Å². The zero-order valence-corrected chi connectivity index (χ0v) is 44.9. The molecule has 0 spiro atoms. The standard InChI is InChI=1S/C51H90N14O11/c1-30(2)28-39-48(73)60-34(18-8-12-23-52)43(68)59-37(21-11-15-26-55)47(72)65-42(32(4)67)51(76)57-27-22-38(61-44(69)36(20-10-14-25-54)62-50(75)41(56)31(3)66)46(71)58-35(19-9-13-24-53)45(70)64-40(49(74)63-39)29-33-16-6-5-7-17-33/h5-7,16-17,30-32,34-42,66-67H,8-15,18-29,52-56H2,1-4H3,(H,57,76)(H,58,71)(H,59,68)(H,60,73)(H,61,69)(H,62,75)(H,63,74)(H,64,70)(H,65,72)/t31-,32-,34+,35+,36+,37+,38+,39+,40-,41+,42+/m1/s1. The molecule has 0 saturated carbocycles. The van der Waals surface area contributed by atoms with Gasteiger partial charge in [-0.05, 0) is 141 Å². The average Bonchev–Trinajstić information content (AvgIpc) is 3.37. The van der Waals surface area contributed by atoms with Crippen LogP contribution < -0.4 is 76.5 Å². The van der Waals surface area contributed by atoms with Crippen molar-refractivity contribution in [2.75, 3.05) is 32.7 Å². The molecule has 11 atom stereocenters. The van der Waals surface area contributed by atoms with Gasteiger partial charge in [0, 0.05) is 13.0 Å². The van der Waals surface area contributed by atoms with Crippen molar-refractivity contribution < 1.29 is 53.4 Å². The van der Waals surface area contributed by atoms with Crippen LogP contribution in [0.25, 0.3) is 0 Å². The highest BCUT2D eigenvalue weighted by Crippen LogP contribution is 2.13. The van der Waals surface area contributed by atoms with Crippen LogP contribution in [-0.4, -0.2) is 163 Å². The quantitative estimate of drug-likeness (QED) is 0.0397. The van der Waals surface area contributed by atoms with E-state index in [1.807, 2.05) is 13.8 Å². The third kappa shape index (κ3) is 24.4. The molecule has 1 aromatic rings. The van der Waals surface area contributed by atoms with Gasteiger partial charge < -0.3 is 86.7 Å². The summed E-state index contributed by atoms with van der Waals surface area (Å²) in [5, 5.41) is 44.9. The number of amides is 9. The zero-order valence-electron chi connectivity index (χ0n) is 44.9. The Balaban J connectivity index is 2.85. The number of nitrogens with one attached hydrogen (secondary N) is 9. The smallest absolute Gasteiger partial charge is 0.245 e. The maximum absolute atomic E-state index is 14.5. The molecule has 25 nitrogen and oxygen atoms in total. The number of benzene rings is 1. The summed E-state index contributed by atoms with van der Waals surface area (Å²) in [7, 11) is 0. The lowest BCUT2D eigenvalue weighted by molar-refractivity contribution is -0.136. The molecular formula is C51H90N14O11. The van der Waals surface area contributed by atoms with Crippen LogP contribution in [0.3, 0.4) is 0 Å². The van der Waals surface area contributed by atoms with Crippen molar-refractivity contribution in [2.24, 2.45) is 34.6 Å². The second kappa shape index (κ2) is 36.2. The van der Waals surface area contributed by atoms with Gasteiger partial charge in [0.05, 0.1) is 12.2 Å². The summed E-state index contributed by atoms with van der Waals surface area (Å²) in [4.78, 5) is 127. The van der Waals surface area contributed by atoms with Crippen molar-refractivity contribution in [3.8, 4) is 0 Å². The Labute approximate surface area is 447 Å². The Morgan fingerprint density at radius 2 is 1.03 bits per heavy atom. The Morgan fingerprint density at radius 3 is 1.51 bits per heavy atom. The highest BCUT2D eigenvalue weighted by Gasteiger charge is 2.36. The van der Waals surface area contributed by atoms with Crippen molar-refractivity contribution in [2.45, 2.75) is 191 Å². The molecule has 1 aliphatic heterocycles. The molecule has 25 heteroatoms. The first-order valence-electron chi connectivity index (χ1n) is 26.8. The van der Waals surface area contributed by atoms with E-state index in [1.165, 1.54) is 13.8 Å². The van der Waals surface area contributed by atoms with Gasteiger partial charge in [-0.1, -0.05) is 44.2 Å². The molecule has 2 rings (SSSR count). The predicted octanol–water partition coefficient (Wildman–Crippen LogP) is -3.72.